The minimum atomic E-state index is 0.321. The molecular formula is C57H36N4S2. The topological polar surface area (TPSA) is 43.6 Å². The van der Waals surface area contributed by atoms with Crippen LogP contribution in [0.5, 0.6) is 0 Å². The van der Waals surface area contributed by atoms with Crippen molar-refractivity contribution in [2.45, 2.75) is 16.1 Å². The van der Waals surface area contributed by atoms with E-state index in [4.69, 9.17) is 15.0 Å². The zero-order chi connectivity index (χ0) is 41.4. The fourth-order valence-electron chi connectivity index (χ4n) is 9.65. The van der Waals surface area contributed by atoms with Gasteiger partial charge in [-0.1, -0.05) is 152 Å². The molecule has 1 aliphatic heterocycles. The van der Waals surface area contributed by atoms with Gasteiger partial charge in [-0.25, -0.2) is 15.0 Å². The molecule has 0 amide bonds. The van der Waals surface area contributed by atoms with Gasteiger partial charge in [-0.05, 0) is 88.0 Å². The molecule has 0 saturated heterocycles. The number of fused-ring (bicyclic) bond motifs is 10. The molecule has 2 aliphatic rings. The van der Waals surface area contributed by atoms with Gasteiger partial charge in [0, 0.05) is 64.0 Å². The van der Waals surface area contributed by atoms with Crippen molar-refractivity contribution in [3.8, 4) is 62.1 Å². The molecule has 0 radical (unpaired) electrons. The fraction of sp³-hybridized carbons (Fsp3) is 0.0351. The van der Waals surface area contributed by atoms with Crippen LogP contribution in [-0.4, -0.2) is 19.5 Å². The summed E-state index contributed by atoms with van der Waals surface area (Å²) in [6, 6.07) is 69.6. The van der Waals surface area contributed by atoms with Crippen LogP contribution in [0.15, 0.2) is 205 Å². The van der Waals surface area contributed by atoms with Crippen molar-refractivity contribution in [1.29, 1.82) is 0 Å². The molecule has 2 atom stereocenters. The van der Waals surface area contributed by atoms with Crippen LogP contribution >= 0.6 is 23.1 Å². The number of aromatic nitrogens is 4. The van der Waals surface area contributed by atoms with Crippen molar-refractivity contribution >= 4 is 60.2 Å². The third-order valence-electron chi connectivity index (χ3n) is 12.6. The van der Waals surface area contributed by atoms with E-state index in [0.717, 1.165) is 27.8 Å². The number of allylic oxidation sites excluding steroid dienone is 1. The largest absolute Gasteiger partial charge is 0.310 e. The minimum absolute atomic E-state index is 0.321. The molecule has 0 fully saturated rings. The first-order chi connectivity index (χ1) is 31.2. The first kappa shape index (κ1) is 36.3. The van der Waals surface area contributed by atoms with Gasteiger partial charge in [-0.15, -0.1) is 23.1 Å². The quantitative estimate of drug-likeness (QED) is 0.167. The van der Waals surface area contributed by atoms with Crippen LogP contribution in [0.1, 0.15) is 28.0 Å². The summed E-state index contributed by atoms with van der Waals surface area (Å²) in [5.41, 5.74) is 14.1. The van der Waals surface area contributed by atoms with Crippen LogP contribution in [0.4, 0.5) is 0 Å². The van der Waals surface area contributed by atoms with Crippen LogP contribution in [0.25, 0.3) is 99.3 Å². The molecule has 11 aromatic rings. The summed E-state index contributed by atoms with van der Waals surface area (Å²) in [5, 5.41) is 4.07. The minimum Gasteiger partial charge on any atom is -0.310 e. The highest BCUT2D eigenvalue weighted by Gasteiger charge is 2.39. The molecule has 13 rings (SSSR count). The van der Waals surface area contributed by atoms with Crippen molar-refractivity contribution in [2.75, 3.05) is 0 Å². The van der Waals surface area contributed by atoms with Gasteiger partial charge in [0.1, 0.15) is 0 Å². The van der Waals surface area contributed by atoms with Gasteiger partial charge in [0.2, 0.25) is 0 Å². The Bertz CT molecular complexity index is 3530. The second-order valence-electron chi connectivity index (χ2n) is 16.3. The van der Waals surface area contributed by atoms with Gasteiger partial charge < -0.3 is 4.57 Å². The smallest absolute Gasteiger partial charge is 0.165 e. The Labute approximate surface area is 372 Å². The van der Waals surface area contributed by atoms with E-state index in [-0.39, 0.29) is 0 Å². The lowest BCUT2D eigenvalue weighted by atomic mass is 9.86. The molecule has 0 saturated carbocycles. The predicted molar refractivity (Wildman–Crippen MR) is 264 cm³/mol. The van der Waals surface area contributed by atoms with E-state index in [1.54, 1.807) is 11.3 Å². The zero-order valence-electron chi connectivity index (χ0n) is 33.9. The van der Waals surface area contributed by atoms with Gasteiger partial charge in [0.15, 0.2) is 17.5 Å². The molecule has 2 unspecified atom stereocenters. The number of hydrogen-bond acceptors (Lipinski definition) is 5. The number of benzene rings is 8. The number of thioether (sulfide) groups is 1. The molecule has 1 aliphatic carbocycles. The molecule has 0 bridgehead atoms. The van der Waals surface area contributed by atoms with Crippen LogP contribution in [-0.2, 0) is 0 Å². The highest BCUT2D eigenvalue weighted by Crippen LogP contribution is 2.59. The molecule has 4 nitrogen and oxygen atoms in total. The van der Waals surface area contributed by atoms with E-state index in [1.807, 2.05) is 48.2 Å². The summed E-state index contributed by atoms with van der Waals surface area (Å²) >= 11 is 3.81. The first-order valence-corrected chi connectivity index (χ1v) is 23.0. The van der Waals surface area contributed by atoms with Crippen LogP contribution in [0, 0.1) is 0 Å². The molecule has 3 aromatic heterocycles. The number of rotatable bonds is 6. The summed E-state index contributed by atoms with van der Waals surface area (Å²) in [6.07, 6.45) is 4.79. The van der Waals surface area contributed by atoms with E-state index in [0.29, 0.717) is 28.6 Å². The Morgan fingerprint density at radius 3 is 1.81 bits per heavy atom. The summed E-state index contributed by atoms with van der Waals surface area (Å²) in [5.74, 6) is 2.33. The molecule has 0 spiro atoms. The van der Waals surface area contributed by atoms with E-state index in [9.17, 15) is 0 Å². The predicted octanol–water partition coefficient (Wildman–Crippen LogP) is 15.5. The van der Waals surface area contributed by atoms with Crippen molar-refractivity contribution in [1.82, 2.24) is 19.5 Å². The Hall–Kier alpha value is -7.38. The third kappa shape index (κ3) is 6.01. The van der Waals surface area contributed by atoms with Gasteiger partial charge >= 0.3 is 0 Å². The van der Waals surface area contributed by atoms with Crippen molar-refractivity contribution in [3.63, 3.8) is 0 Å². The summed E-state index contributed by atoms with van der Waals surface area (Å²) in [4.78, 5) is 16.8. The Balaban J connectivity index is 0.943. The zero-order valence-corrected chi connectivity index (χ0v) is 35.5. The Kier molecular flexibility index (Phi) is 8.42. The number of hydrogen-bond donors (Lipinski definition) is 0. The van der Waals surface area contributed by atoms with Gasteiger partial charge in [0.25, 0.3) is 0 Å². The molecule has 6 heteroatoms. The van der Waals surface area contributed by atoms with E-state index in [2.05, 4.69) is 174 Å². The molecule has 63 heavy (non-hydrogen) atoms. The van der Waals surface area contributed by atoms with Crippen molar-refractivity contribution in [3.05, 3.63) is 217 Å². The standard InChI is InChI=1S/C57H36N4S2/c1-4-14-37(15-5-1)55-58-56(38-16-6-2-7-17-38)60-57(59-55)47-34-40(33-45-43-21-11-13-23-51(43)62-53(45)47)36-26-24-35(25-27-36)39-28-30-48-46(32-39)52-49(61(48)41-18-8-3-9-19-41)31-29-44-42-20-10-12-22-50(42)63-54(44)52/h1-34,44,54H. The van der Waals surface area contributed by atoms with Gasteiger partial charge in [-0.2, -0.15) is 0 Å². The molecule has 296 valence electrons. The summed E-state index contributed by atoms with van der Waals surface area (Å²) < 4.78 is 4.86. The van der Waals surface area contributed by atoms with Crippen LogP contribution in [0.2, 0.25) is 0 Å². The molecule has 8 aromatic carbocycles. The van der Waals surface area contributed by atoms with E-state index < -0.39 is 0 Å². The Morgan fingerprint density at radius 1 is 0.460 bits per heavy atom. The maximum absolute atomic E-state index is 5.19. The van der Waals surface area contributed by atoms with Crippen LogP contribution < -0.4 is 0 Å². The SMILES string of the molecule is C1=CC2c3ccccc3SC2c2c1n(-c1ccccc1)c1ccc(-c3ccc(-c4cc(-c5nc(-c6ccccc6)nc(-c6ccccc6)n5)c5sc6ccccc6c5c4)cc3)cc21. The third-order valence-corrected chi connectivity index (χ3v) is 15.3. The maximum Gasteiger partial charge on any atom is 0.165 e. The van der Waals surface area contributed by atoms with Crippen molar-refractivity contribution < 1.29 is 0 Å². The second kappa shape index (κ2) is 14.6. The Morgan fingerprint density at radius 2 is 1.06 bits per heavy atom. The van der Waals surface area contributed by atoms with E-state index in [1.165, 1.54) is 69.6 Å². The fourth-order valence-corrected chi connectivity index (χ4v) is 12.4. The summed E-state index contributed by atoms with van der Waals surface area (Å²) in [7, 11) is 0. The van der Waals surface area contributed by atoms with Crippen molar-refractivity contribution in [2.24, 2.45) is 0 Å². The molecule has 4 heterocycles. The van der Waals surface area contributed by atoms with Crippen LogP contribution in [0.3, 0.4) is 0 Å². The highest BCUT2D eigenvalue weighted by atomic mass is 32.2. The number of para-hydroxylation sites is 1. The van der Waals surface area contributed by atoms with Gasteiger partial charge in [-0.3, -0.25) is 0 Å². The van der Waals surface area contributed by atoms with Gasteiger partial charge in [0.05, 0.1) is 11.2 Å². The molecular weight excluding hydrogens is 805 g/mol. The lowest BCUT2D eigenvalue weighted by Gasteiger charge is -2.22. The lowest BCUT2D eigenvalue weighted by Crippen LogP contribution is -2.08. The highest BCUT2D eigenvalue weighted by molar-refractivity contribution is 8.00. The second-order valence-corrected chi connectivity index (χ2v) is 18.5. The average molecular weight is 841 g/mol. The average Bonchev–Trinajstić information content (AvgIpc) is 4.04. The lowest BCUT2D eigenvalue weighted by molar-refractivity contribution is 0.817. The normalized spacial score (nSPS) is 15.2. The number of nitrogens with zero attached hydrogens (tertiary/aromatic N) is 4. The first-order valence-electron chi connectivity index (χ1n) is 21.3. The monoisotopic (exact) mass is 840 g/mol. The number of thiophene rings is 1. The summed E-state index contributed by atoms with van der Waals surface area (Å²) in [6.45, 7) is 0. The maximum atomic E-state index is 5.19. The molecule has 0 N–H and O–H groups in total. The van der Waals surface area contributed by atoms with E-state index >= 15 is 0 Å².